The molecule has 1 aromatic carbocycles. The summed E-state index contributed by atoms with van der Waals surface area (Å²) in [6.07, 6.45) is 0. The third kappa shape index (κ3) is 8.41. The third-order valence-electron chi connectivity index (χ3n) is 3.34. The fourth-order valence-corrected chi connectivity index (χ4v) is 1.89. The van der Waals surface area contributed by atoms with Crippen molar-refractivity contribution >= 4 is 29.9 Å². The van der Waals surface area contributed by atoms with Gasteiger partial charge in [0.15, 0.2) is 5.96 Å². The maximum absolute atomic E-state index is 9.09. The van der Waals surface area contributed by atoms with Crippen molar-refractivity contribution in [1.82, 2.24) is 10.2 Å². The van der Waals surface area contributed by atoms with Crippen LogP contribution in [0, 0.1) is 12.8 Å². The normalized spacial score (nSPS) is 12.3. The van der Waals surface area contributed by atoms with Crippen LogP contribution in [0.5, 0.6) is 5.75 Å². The lowest BCUT2D eigenvalue weighted by molar-refractivity contribution is 0.241. The average Bonchev–Trinajstić information content (AvgIpc) is 2.52. The highest BCUT2D eigenvalue weighted by molar-refractivity contribution is 14.0. The number of nitrogens with one attached hydrogen (secondary N) is 1. The second kappa shape index (κ2) is 12.4. The molecule has 0 fully saturated rings. The second-order valence-corrected chi connectivity index (χ2v) is 5.52. The fraction of sp³-hybridized carbons (Fsp3) is 0.588. The van der Waals surface area contributed by atoms with E-state index in [9.17, 15) is 0 Å². The van der Waals surface area contributed by atoms with Crippen LogP contribution in [0.2, 0.25) is 0 Å². The molecule has 0 spiro atoms. The number of hydrogen-bond acceptors (Lipinski definition) is 3. The van der Waals surface area contributed by atoms with Gasteiger partial charge in [0.25, 0.3) is 0 Å². The zero-order valence-corrected chi connectivity index (χ0v) is 16.9. The topological polar surface area (TPSA) is 57.1 Å². The molecule has 5 nitrogen and oxygen atoms in total. The van der Waals surface area contributed by atoms with Crippen molar-refractivity contribution in [1.29, 1.82) is 0 Å². The van der Waals surface area contributed by atoms with E-state index >= 15 is 0 Å². The molecule has 0 aromatic heterocycles. The highest BCUT2D eigenvalue weighted by Gasteiger charge is 2.07. The monoisotopic (exact) mass is 435 g/mol. The highest BCUT2D eigenvalue weighted by atomic mass is 127. The van der Waals surface area contributed by atoms with Crippen LogP contribution in [-0.2, 0) is 0 Å². The van der Waals surface area contributed by atoms with Gasteiger partial charge in [-0.15, -0.1) is 24.0 Å². The molecule has 0 aliphatic heterocycles. The lowest BCUT2D eigenvalue weighted by Crippen LogP contribution is -2.41. The number of aliphatic imine (C=N–C) groups is 1. The van der Waals surface area contributed by atoms with Crippen molar-refractivity contribution < 1.29 is 9.84 Å². The summed E-state index contributed by atoms with van der Waals surface area (Å²) < 4.78 is 5.82. The Morgan fingerprint density at radius 2 is 2.09 bits per heavy atom. The molecule has 0 saturated carbocycles. The number of rotatable bonds is 8. The van der Waals surface area contributed by atoms with Crippen molar-refractivity contribution in [3.8, 4) is 5.75 Å². The van der Waals surface area contributed by atoms with Crippen molar-refractivity contribution in [2.75, 3.05) is 39.9 Å². The van der Waals surface area contributed by atoms with E-state index in [1.165, 1.54) is 0 Å². The van der Waals surface area contributed by atoms with Crippen molar-refractivity contribution in [3.63, 3.8) is 0 Å². The molecule has 23 heavy (non-hydrogen) atoms. The smallest absolute Gasteiger partial charge is 0.193 e. The Labute approximate surface area is 157 Å². The lowest BCUT2D eigenvalue weighted by Gasteiger charge is -2.22. The molecule has 2 N–H and O–H groups in total. The molecule has 1 rings (SSSR count). The maximum atomic E-state index is 9.09. The minimum Gasteiger partial charge on any atom is -0.491 e. The number of guanidine groups is 1. The minimum atomic E-state index is 0. The van der Waals surface area contributed by atoms with Gasteiger partial charge in [0.1, 0.15) is 12.4 Å². The third-order valence-corrected chi connectivity index (χ3v) is 3.34. The number of benzene rings is 1. The predicted molar refractivity (Wildman–Crippen MR) is 107 cm³/mol. The van der Waals surface area contributed by atoms with Crippen molar-refractivity contribution in [3.05, 3.63) is 29.8 Å². The molecule has 0 aliphatic carbocycles. The molecule has 1 aromatic rings. The first-order chi connectivity index (χ1) is 10.6. The van der Waals surface area contributed by atoms with Crippen LogP contribution in [-0.4, -0.2) is 55.9 Å². The molecule has 0 heterocycles. The number of nitrogens with zero attached hydrogens (tertiary/aromatic N) is 2. The van der Waals surface area contributed by atoms with Crippen LogP contribution in [0.4, 0.5) is 0 Å². The van der Waals surface area contributed by atoms with Gasteiger partial charge in [0.05, 0.1) is 6.54 Å². The first-order valence-electron chi connectivity index (χ1n) is 7.87. The quantitative estimate of drug-likeness (QED) is 0.375. The van der Waals surface area contributed by atoms with E-state index in [0.717, 1.165) is 30.4 Å². The van der Waals surface area contributed by atoms with E-state index in [1.807, 2.05) is 57.0 Å². The summed E-state index contributed by atoms with van der Waals surface area (Å²) >= 11 is 0. The Morgan fingerprint density at radius 1 is 1.39 bits per heavy atom. The summed E-state index contributed by atoms with van der Waals surface area (Å²) in [7, 11) is 1.99. The van der Waals surface area contributed by atoms with Gasteiger partial charge in [-0.1, -0.05) is 25.1 Å². The molecule has 0 aliphatic rings. The molecule has 1 atom stereocenters. The molecule has 0 bridgehead atoms. The van der Waals surface area contributed by atoms with Gasteiger partial charge in [0, 0.05) is 26.7 Å². The number of likely N-dealkylation sites (N-methyl/N-ethyl adjacent to an activating group) is 1. The molecule has 132 valence electrons. The molecule has 0 amide bonds. The fourth-order valence-electron chi connectivity index (χ4n) is 1.89. The van der Waals surface area contributed by atoms with Crippen LogP contribution >= 0.6 is 24.0 Å². The van der Waals surface area contributed by atoms with Gasteiger partial charge in [-0.3, -0.25) is 4.99 Å². The number of ether oxygens (including phenoxy) is 1. The largest absolute Gasteiger partial charge is 0.491 e. The summed E-state index contributed by atoms with van der Waals surface area (Å²) in [4.78, 5) is 6.59. The Morgan fingerprint density at radius 3 is 2.70 bits per heavy atom. The SMILES string of the molecule is CCNC(=NCC(C)CO)N(C)CCOc1ccccc1C.I. The summed E-state index contributed by atoms with van der Waals surface area (Å²) in [6, 6.07) is 8.01. The van der Waals surface area contributed by atoms with Crippen LogP contribution in [0.15, 0.2) is 29.3 Å². The summed E-state index contributed by atoms with van der Waals surface area (Å²) in [6.45, 7) is 8.99. The van der Waals surface area contributed by atoms with E-state index in [1.54, 1.807) is 0 Å². The summed E-state index contributed by atoms with van der Waals surface area (Å²) in [5.41, 5.74) is 1.14. The first-order valence-corrected chi connectivity index (χ1v) is 7.87. The van der Waals surface area contributed by atoms with Gasteiger partial charge in [-0.05, 0) is 31.4 Å². The molecule has 1 unspecified atom stereocenters. The van der Waals surface area contributed by atoms with E-state index in [0.29, 0.717) is 13.2 Å². The zero-order chi connectivity index (χ0) is 16.4. The number of aliphatic hydroxyl groups is 1. The Balaban J connectivity index is 0.00000484. The number of hydrogen-bond donors (Lipinski definition) is 2. The van der Waals surface area contributed by atoms with Gasteiger partial charge in [-0.2, -0.15) is 0 Å². The Bertz CT molecular complexity index is 469. The summed E-state index contributed by atoms with van der Waals surface area (Å²) in [5, 5.41) is 12.3. The number of para-hydroxylation sites is 1. The minimum absolute atomic E-state index is 0. The van der Waals surface area contributed by atoms with Gasteiger partial charge in [-0.25, -0.2) is 0 Å². The standard InChI is InChI=1S/C17H29N3O2.HI/c1-5-18-17(19-12-14(2)13-21)20(4)10-11-22-16-9-7-6-8-15(16)3;/h6-9,14,21H,5,10-13H2,1-4H3,(H,18,19);1H. The zero-order valence-electron chi connectivity index (χ0n) is 14.6. The van der Waals surface area contributed by atoms with Crippen LogP contribution in [0.1, 0.15) is 19.4 Å². The Kier molecular flexibility index (Phi) is 11.9. The van der Waals surface area contributed by atoms with Crippen molar-refractivity contribution in [2.45, 2.75) is 20.8 Å². The van der Waals surface area contributed by atoms with E-state index in [-0.39, 0.29) is 36.5 Å². The summed E-state index contributed by atoms with van der Waals surface area (Å²) in [5.74, 6) is 1.94. The second-order valence-electron chi connectivity index (χ2n) is 5.52. The highest BCUT2D eigenvalue weighted by Crippen LogP contribution is 2.15. The average molecular weight is 435 g/mol. The van der Waals surface area contributed by atoms with Crippen LogP contribution in [0.25, 0.3) is 0 Å². The van der Waals surface area contributed by atoms with Crippen LogP contribution < -0.4 is 10.1 Å². The van der Waals surface area contributed by atoms with E-state index in [4.69, 9.17) is 9.84 Å². The van der Waals surface area contributed by atoms with Crippen LogP contribution in [0.3, 0.4) is 0 Å². The molecular formula is C17H30IN3O2. The lowest BCUT2D eigenvalue weighted by atomic mass is 10.2. The molecule has 6 heteroatoms. The predicted octanol–water partition coefficient (Wildman–Crippen LogP) is 2.52. The van der Waals surface area contributed by atoms with E-state index < -0.39 is 0 Å². The van der Waals surface area contributed by atoms with Gasteiger partial charge in [0.2, 0.25) is 0 Å². The number of aliphatic hydroxyl groups excluding tert-OH is 1. The number of halogens is 1. The molecule has 0 saturated heterocycles. The van der Waals surface area contributed by atoms with Gasteiger partial charge >= 0.3 is 0 Å². The first kappa shape index (κ1) is 22.0. The molecule has 0 radical (unpaired) electrons. The maximum Gasteiger partial charge on any atom is 0.193 e. The van der Waals surface area contributed by atoms with Crippen molar-refractivity contribution in [2.24, 2.45) is 10.9 Å². The Hall–Kier alpha value is -1.02. The number of aryl methyl sites for hydroxylation is 1. The van der Waals surface area contributed by atoms with E-state index in [2.05, 4.69) is 10.3 Å². The molecular weight excluding hydrogens is 405 g/mol. The van der Waals surface area contributed by atoms with Gasteiger partial charge < -0.3 is 20.1 Å².